The predicted octanol–water partition coefficient (Wildman–Crippen LogP) is 3.01. The molecule has 33 heavy (non-hydrogen) atoms. The second-order valence-electron chi connectivity index (χ2n) is 9.84. The summed E-state index contributed by atoms with van der Waals surface area (Å²) >= 11 is 0. The van der Waals surface area contributed by atoms with E-state index in [2.05, 4.69) is 15.5 Å². The number of nitrogens with zero attached hydrogens (tertiary/aromatic N) is 5. The molecule has 1 aliphatic carbocycles. The molecule has 0 unspecified atom stereocenters. The number of fused-ring (bicyclic) bond motifs is 3. The van der Waals surface area contributed by atoms with Crippen LogP contribution in [-0.4, -0.2) is 50.1 Å². The minimum absolute atomic E-state index is 0.148. The number of likely N-dealkylation sites (tertiary alicyclic amines) is 1. The second-order valence-corrected chi connectivity index (χ2v) is 9.84. The number of halogens is 1. The first-order valence-corrected chi connectivity index (χ1v) is 11.7. The van der Waals surface area contributed by atoms with Gasteiger partial charge in [0, 0.05) is 17.7 Å². The highest BCUT2D eigenvalue weighted by Crippen LogP contribution is 2.48. The van der Waals surface area contributed by atoms with Crippen LogP contribution < -0.4 is 0 Å². The number of amides is 1. The number of tetrazole rings is 1. The Morgan fingerprint density at radius 1 is 1.21 bits per heavy atom. The first-order valence-electron chi connectivity index (χ1n) is 11.7. The maximum absolute atomic E-state index is 15.1. The van der Waals surface area contributed by atoms with Crippen molar-refractivity contribution in [2.75, 3.05) is 13.2 Å². The summed E-state index contributed by atoms with van der Waals surface area (Å²) in [5.41, 5.74) is 3.16. The van der Waals surface area contributed by atoms with Gasteiger partial charge < -0.3 is 9.64 Å². The Hall–Kier alpha value is -3.10. The van der Waals surface area contributed by atoms with E-state index in [1.165, 1.54) is 0 Å². The summed E-state index contributed by atoms with van der Waals surface area (Å²) in [6, 6.07) is 3.79. The van der Waals surface area contributed by atoms with Crippen LogP contribution in [-0.2, 0) is 27.3 Å². The topological polar surface area (TPSA) is 90.2 Å². The molecule has 172 valence electrons. The lowest BCUT2D eigenvalue weighted by Crippen LogP contribution is -2.37. The summed E-state index contributed by atoms with van der Waals surface area (Å²) in [5, 5.41) is 11.5. The van der Waals surface area contributed by atoms with Gasteiger partial charge >= 0.3 is 5.97 Å². The molecule has 6 rings (SSSR count). The highest BCUT2D eigenvalue weighted by molar-refractivity contribution is 5.94. The predicted molar refractivity (Wildman–Crippen MR) is 115 cm³/mol. The van der Waals surface area contributed by atoms with Crippen molar-refractivity contribution >= 4 is 11.9 Å². The number of hydrogen-bond acceptors (Lipinski definition) is 6. The van der Waals surface area contributed by atoms with E-state index >= 15 is 4.39 Å². The minimum atomic E-state index is -0.320. The molecule has 9 heteroatoms. The van der Waals surface area contributed by atoms with Crippen LogP contribution in [0.2, 0.25) is 0 Å². The lowest BCUT2D eigenvalue weighted by molar-refractivity contribution is -0.138. The number of aromatic nitrogens is 4. The van der Waals surface area contributed by atoms with Crippen LogP contribution in [0, 0.1) is 17.2 Å². The summed E-state index contributed by atoms with van der Waals surface area (Å²) in [4.78, 5) is 26.8. The van der Waals surface area contributed by atoms with Gasteiger partial charge in [-0.3, -0.25) is 4.79 Å². The first-order chi connectivity index (χ1) is 16.0. The Kier molecular flexibility index (Phi) is 4.64. The van der Waals surface area contributed by atoms with Crippen molar-refractivity contribution < 1.29 is 18.7 Å². The summed E-state index contributed by atoms with van der Waals surface area (Å²) < 4.78 is 21.9. The monoisotopic (exact) mass is 451 g/mol. The van der Waals surface area contributed by atoms with Crippen molar-refractivity contribution in [3.63, 3.8) is 0 Å². The molecule has 1 amide bonds. The molecule has 0 bridgehead atoms. The average molecular weight is 452 g/mol. The number of benzene rings is 1. The molecule has 8 nitrogen and oxygen atoms in total. The van der Waals surface area contributed by atoms with Gasteiger partial charge in [-0.05, 0) is 73.8 Å². The number of carbonyl (C=O) groups excluding carboxylic acids is 2. The van der Waals surface area contributed by atoms with Crippen LogP contribution in [0.5, 0.6) is 0 Å². The van der Waals surface area contributed by atoms with E-state index in [0.29, 0.717) is 42.4 Å². The van der Waals surface area contributed by atoms with Crippen LogP contribution in [0.15, 0.2) is 23.4 Å². The van der Waals surface area contributed by atoms with Crippen molar-refractivity contribution in [3.8, 4) is 11.4 Å². The van der Waals surface area contributed by atoms with Gasteiger partial charge in [-0.1, -0.05) is 12.1 Å². The van der Waals surface area contributed by atoms with E-state index in [0.717, 1.165) is 55.3 Å². The molecule has 1 spiro atoms. The van der Waals surface area contributed by atoms with E-state index in [-0.39, 0.29) is 29.7 Å². The van der Waals surface area contributed by atoms with Gasteiger partial charge in [-0.25, -0.2) is 13.9 Å². The van der Waals surface area contributed by atoms with E-state index in [4.69, 9.17) is 4.74 Å². The quantitative estimate of drug-likeness (QED) is 0.567. The third-order valence-electron chi connectivity index (χ3n) is 8.21. The zero-order valence-electron chi connectivity index (χ0n) is 18.6. The fourth-order valence-corrected chi connectivity index (χ4v) is 6.05. The van der Waals surface area contributed by atoms with Gasteiger partial charge in [0.2, 0.25) is 5.91 Å². The Morgan fingerprint density at radius 3 is 2.79 bits per heavy atom. The minimum Gasteiger partial charge on any atom is -0.456 e. The number of hydrogen-bond donors (Lipinski definition) is 0. The lowest BCUT2D eigenvalue weighted by atomic mass is 9.68. The van der Waals surface area contributed by atoms with Gasteiger partial charge in [0.05, 0.1) is 23.2 Å². The van der Waals surface area contributed by atoms with Gasteiger partial charge in [0.25, 0.3) is 0 Å². The Balaban J connectivity index is 1.08. The number of cyclic esters (lactones) is 1. The molecule has 1 saturated carbocycles. The highest BCUT2D eigenvalue weighted by Gasteiger charge is 2.50. The average Bonchev–Trinajstić information content (AvgIpc) is 3.56. The zero-order chi connectivity index (χ0) is 22.7. The molecule has 2 aromatic rings. The highest BCUT2D eigenvalue weighted by atomic mass is 19.1. The van der Waals surface area contributed by atoms with Crippen LogP contribution in [0.25, 0.3) is 11.4 Å². The fourth-order valence-electron chi connectivity index (χ4n) is 6.05. The van der Waals surface area contributed by atoms with Crippen molar-refractivity contribution in [1.82, 2.24) is 25.1 Å². The van der Waals surface area contributed by atoms with Crippen molar-refractivity contribution in [1.29, 1.82) is 0 Å². The molecule has 0 N–H and O–H groups in total. The zero-order valence-corrected chi connectivity index (χ0v) is 18.6. The maximum Gasteiger partial charge on any atom is 0.336 e. The molecule has 0 radical (unpaired) electrons. The molecular weight excluding hydrogens is 425 g/mol. The molecule has 4 heterocycles. The fraction of sp³-hybridized carbons (Fsp3) is 0.542. The summed E-state index contributed by atoms with van der Waals surface area (Å²) in [6.07, 6.45) is 6.12. The van der Waals surface area contributed by atoms with Gasteiger partial charge in [0.15, 0.2) is 5.82 Å². The van der Waals surface area contributed by atoms with Crippen molar-refractivity contribution in [2.45, 2.75) is 58.4 Å². The number of esters is 1. The van der Waals surface area contributed by atoms with Gasteiger partial charge in [0.1, 0.15) is 12.4 Å². The summed E-state index contributed by atoms with van der Waals surface area (Å²) in [6.45, 7) is 2.98. The lowest BCUT2D eigenvalue weighted by Gasteiger charge is -2.36. The molecule has 0 atom stereocenters. The standard InChI is InChI=1S/C24H26FN5O3/c1-14-19(13-33-22(14)31)29-11-10-24(23(29)32)8-6-15(7-9-24)2-3-16-4-5-17-18(20(16)25)12-30-21(17)26-27-28-30/h4-5,15H,2-3,6-13H2,1H3. The van der Waals surface area contributed by atoms with E-state index < -0.39 is 0 Å². The third kappa shape index (κ3) is 3.12. The van der Waals surface area contributed by atoms with E-state index in [1.54, 1.807) is 16.5 Å². The maximum atomic E-state index is 15.1. The molecule has 4 aliphatic rings. The van der Waals surface area contributed by atoms with E-state index in [9.17, 15) is 9.59 Å². The number of ether oxygens (including phenoxy) is 1. The van der Waals surface area contributed by atoms with Crippen LogP contribution in [0.4, 0.5) is 4.39 Å². The molecule has 3 aliphatic heterocycles. The molecule has 1 aromatic heterocycles. The molecular formula is C24H26FN5O3. The third-order valence-corrected chi connectivity index (χ3v) is 8.21. The Labute approximate surface area is 190 Å². The van der Waals surface area contributed by atoms with Crippen molar-refractivity contribution in [2.24, 2.45) is 11.3 Å². The van der Waals surface area contributed by atoms with Crippen LogP contribution >= 0.6 is 0 Å². The van der Waals surface area contributed by atoms with E-state index in [1.807, 2.05) is 12.1 Å². The molecule has 2 fully saturated rings. The second kappa shape index (κ2) is 7.46. The summed E-state index contributed by atoms with van der Waals surface area (Å²) in [7, 11) is 0. The van der Waals surface area contributed by atoms with Gasteiger partial charge in [-0.2, -0.15) is 0 Å². The smallest absolute Gasteiger partial charge is 0.336 e. The first kappa shape index (κ1) is 20.5. The van der Waals surface area contributed by atoms with Crippen LogP contribution in [0.3, 0.4) is 0 Å². The Bertz CT molecular complexity index is 1190. The summed E-state index contributed by atoms with van der Waals surface area (Å²) in [5.74, 6) is 0.801. The Morgan fingerprint density at radius 2 is 2.03 bits per heavy atom. The normalized spacial score (nSPS) is 26.4. The van der Waals surface area contributed by atoms with Crippen molar-refractivity contribution in [3.05, 3.63) is 40.3 Å². The largest absolute Gasteiger partial charge is 0.456 e. The molecule has 1 aromatic carbocycles. The SMILES string of the molecule is CC1=C(N2CCC3(CCC(CCc4ccc5c(c4F)Cn4nnnc4-5)CC3)C2=O)COC1=O. The van der Waals surface area contributed by atoms with Gasteiger partial charge in [-0.15, -0.1) is 5.10 Å². The number of aryl methyl sites for hydroxylation is 1. The number of carbonyl (C=O) groups is 2. The molecule has 1 saturated heterocycles. The van der Waals surface area contributed by atoms with Crippen LogP contribution in [0.1, 0.15) is 56.6 Å². The number of rotatable bonds is 4.